The number of amides is 2. The number of likely N-dealkylation sites (N-methyl/N-ethyl adjacent to an activating group) is 1. The van der Waals surface area contributed by atoms with Gasteiger partial charge in [-0.2, -0.15) is 15.0 Å². The molecule has 2 amide bonds. The van der Waals surface area contributed by atoms with E-state index in [1.54, 1.807) is 18.3 Å². The Hall–Kier alpha value is -4.36. The van der Waals surface area contributed by atoms with Crippen LogP contribution in [-0.4, -0.2) is 73.1 Å². The Kier molecular flexibility index (Phi) is 8.78. The molecule has 0 aliphatic carbocycles. The third-order valence-corrected chi connectivity index (χ3v) is 7.88. The number of carbonyl (C=O) groups is 2. The molecule has 1 fully saturated rings. The highest BCUT2D eigenvalue weighted by molar-refractivity contribution is 8.15. The first-order valence-corrected chi connectivity index (χ1v) is 14.0. The molecule has 42 heavy (non-hydrogen) atoms. The van der Waals surface area contributed by atoms with E-state index in [2.05, 4.69) is 15.2 Å². The van der Waals surface area contributed by atoms with E-state index < -0.39 is 40.2 Å². The molecular weight excluding hydrogens is 566 g/mol. The minimum absolute atomic E-state index is 0.262. The third-order valence-electron chi connectivity index (χ3n) is 6.81. The van der Waals surface area contributed by atoms with Gasteiger partial charge in [-0.15, -0.1) is 0 Å². The van der Waals surface area contributed by atoms with E-state index in [0.717, 1.165) is 45.0 Å². The van der Waals surface area contributed by atoms with Crippen LogP contribution in [0.3, 0.4) is 0 Å². The minimum atomic E-state index is -2.11. The van der Waals surface area contributed by atoms with Crippen LogP contribution in [-0.2, 0) is 23.4 Å². The number of benzene rings is 2. The number of imide groups is 1. The van der Waals surface area contributed by atoms with Crippen molar-refractivity contribution in [2.75, 3.05) is 31.6 Å². The van der Waals surface area contributed by atoms with Gasteiger partial charge in [0.15, 0.2) is 0 Å². The van der Waals surface area contributed by atoms with Gasteiger partial charge in [-0.05, 0) is 42.3 Å². The maximum atomic E-state index is 14.8. The highest BCUT2D eigenvalue weighted by Gasteiger charge is 2.45. The number of anilines is 1. The number of ether oxygens (including phenoxy) is 1. The molecule has 0 spiro atoms. The van der Waals surface area contributed by atoms with E-state index in [0.29, 0.717) is 25.0 Å². The van der Waals surface area contributed by atoms with E-state index in [9.17, 15) is 23.5 Å². The maximum absolute atomic E-state index is 14.8. The first-order chi connectivity index (χ1) is 20.2. The first-order valence-electron chi connectivity index (χ1n) is 13.1. The summed E-state index contributed by atoms with van der Waals surface area (Å²) >= 11 is 0.838. The Morgan fingerprint density at radius 1 is 1.02 bits per heavy atom. The molecule has 0 saturated carbocycles. The van der Waals surface area contributed by atoms with E-state index >= 15 is 0 Å². The number of nitrogens with zero attached hydrogens (tertiary/aromatic N) is 6. The van der Waals surface area contributed by atoms with Crippen LogP contribution in [0.1, 0.15) is 11.1 Å². The topological polar surface area (TPSA) is 114 Å². The minimum Gasteiger partial charge on any atom is -0.492 e. The molecule has 4 aromatic rings. The SMILES string of the molecule is CN(CCOc1ccc(CC2SC(=O)N(CC(O)(Cn3nccn3)c3ccc(F)cc3F)C2=O)cc1)c1ccccn1. The lowest BCUT2D eigenvalue weighted by Gasteiger charge is -2.31. The second-order valence-corrected chi connectivity index (χ2v) is 11.0. The fourth-order valence-corrected chi connectivity index (χ4v) is 5.64. The summed E-state index contributed by atoms with van der Waals surface area (Å²) in [6, 6.07) is 15.7. The van der Waals surface area contributed by atoms with Gasteiger partial charge in [0.05, 0.1) is 37.3 Å². The van der Waals surface area contributed by atoms with Crippen LogP contribution >= 0.6 is 11.8 Å². The molecule has 2 aromatic heterocycles. The molecule has 10 nitrogen and oxygen atoms in total. The van der Waals surface area contributed by atoms with E-state index in [-0.39, 0.29) is 18.5 Å². The molecule has 1 N–H and O–H groups in total. The molecule has 0 radical (unpaired) electrons. The van der Waals surface area contributed by atoms with Crippen molar-refractivity contribution in [1.82, 2.24) is 24.9 Å². The number of β-amino-alcohol motifs (C(OH)–C–C–N with tert-alkyl or cyclic N) is 1. The second kappa shape index (κ2) is 12.7. The van der Waals surface area contributed by atoms with Crippen molar-refractivity contribution in [3.05, 3.63) is 102 Å². The second-order valence-electron chi connectivity index (χ2n) is 9.82. The Balaban J connectivity index is 1.22. The first kappa shape index (κ1) is 29.1. The van der Waals surface area contributed by atoms with Gasteiger partial charge in [-0.25, -0.2) is 13.8 Å². The lowest BCUT2D eigenvalue weighted by molar-refractivity contribution is -0.130. The van der Waals surface area contributed by atoms with Crippen LogP contribution in [0, 0.1) is 11.6 Å². The third kappa shape index (κ3) is 6.74. The zero-order valence-corrected chi connectivity index (χ0v) is 23.5. The van der Waals surface area contributed by atoms with Gasteiger partial charge in [-0.3, -0.25) is 14.5 Å². The van der Waals surface area contributed by atoms with Gasteiger partial charge < -0.3 is 14.7 Å². The summed E-state index contributed by atoms with van der Waals surface area (Å²) in [4.78, 5) is 34.5. The predicted octanol–water partition coefficient (Wildman–Crippen LogP) is 3.66. The predicted molar refractivity (Wildman–Crippen MR) is 152 cm³/mol. The monoisotopic (exact) mass is 594 g/mol. The van der Waals surface area contributed by atoms with Crippen molar-refractivity contribution in [3.63, 3.8) is 0 Å². The molecular formula is C29H28F2N6O4S. The molecule has 3 heterocycles. The highest BCUT2D eigenvalue weighted by atomic mass is 32.2. The standard InChI is InChI=1S/C29H28F2N6O4S/c1-35(26-4-2-3-11-32-26)14-15-41-22-8-5-20(6-9-22)16-25-27(38)36(28(39)42-25)18-29(40,19-37-33-12-13-34-37)23-10-7-21(30)17-24(23)31/h2-13,17,25,40H,14-16,18-19H2,1H3. The van der Waals surface area contributed by atoms with Crippen LogP contribution in [0.2, 0.25) is 0 Å². The van der Waals surface area contributed by atoms with Crippen molar-refractivity contribution in [3.8, 4) is 5.75 Å². The van der Waals surface area contributed by atoms with Crippen molar-refractivity contribution in [2.24, 2.45) is 0 Å². The smallest absolute Gasteiger partial charge is 0.289 e. The fourth-order valence-electron chi connectivity index (χ4n) is 4.61. The van der Waals surface area contributed by atoms with Gasteiger partial charge in [0, 0.05) is 24.9 Å². The molecule has 2 unspecified atom stereocenters. The molecule has 0 bridgehead atoms. The van der Waals surface area contributed by atoms with Gasteiger partial charge >= 0.3 is 0 Å². The number of halogens is 2. The highest BCUT2D eigenvalue weighted by Crippen LogP contribution is 2.35. The molecule has 5 rings (SSSR count). The summed E-state index contributed by atoms with van der Waals surface area (Å²) in [6.07, 6.45) is 4.74. The van der Waals surface area contributed by atoms with Crippen molar-refractivity contribution < 1.29 is 28.2 Å². The number of rotatable bonds is 12. The van der Waals surface area contributed by atoms with Crippen LogP contribution in [0.25, 0.3) is 0 Å². The number of hydrogen-bond acceptors (Lipinski definition) is 9. The van der Waals surface area contributed by atoms with Crippen LogP contribution < -0.4 is 9.64 Å². The summed E-state index contributed by atoms with van der Waals surface area (Å²) in [5.74, 6) is -0.850. The van der Waals surface area contributed by atoms with E-state index in [1.165, 1.54) is 12.4 Å². The quantitative estimate of drug-likeness (QED) is 0.263. The molecule has 2 aromatic carbocycles. The van der Waals surface area contributed by atoms with Gasteiger partial charge in [-0.1, -0.05) is 36.0 Å². The molecule has 1 aliphatic rings. The Morgan fingerprint density at radius 2 is 1.79 bits per heavy atom. The van der Waals surface area contributed by atoms with Crippen LogP contribution in [0.15, 0.2) is 79.3 Å². The zero-order valence-electron chi connectivity index (χ0n) is 22.6. The molecule has 1 saturated heterocycles. The Morgan fingerprint density at radius 3 is 2.48 bits per heavy atom. The molecule has 218 valence electrons. The summed E-state index contributed by atoms with van der Waals surface area (Å²) in [5.41, 5.74) is -1.58. The lowest BCUT2D eigenvalue weighted by Crippen LogP contribution is -2.47. The summed E-state index contributed by atoms with van der Waals surface area (Å²) in [5, 5.41) is 18.1. The average molecular weight is 595 g/mol. The van der Waals surface area contributed by atoms with E-state index in [4.69, 9.17) is 4.74 Å². The van der Waals surface area contributed by atoms with Crippen molar-refractivity contribution in [2.45, 2.75) is 23.8 Å². The summed E-state index contributed by atoms with van der Waals surface area (Å²) in [6.45, 7) is 0.152. The number of pyridine rings is 1. The summed E-state index contributed by atoms with van der Waals surface area (Å²) in [7, 11) is 1.93. The average Bonchev–Trinajstić information content (AvgIpc) is 3.57. The number of aliphatic hydroxyl groups is 1. The van der Waals surface area contributed by atoms with Crippen molar-refractivity contribution in [1.29, 1.82) is 0 Å². The molecule has 13 heteroatoms. The summed E-state index contributed by atoms with van der Waals surface area (Å²) < 4.78 is 34.2. The number of hydrogen-bond donors (Lipinski definition) is 1. The lowest BCUT2D eigenvalue weighted by atomic mass is 9.92. The Bertz CT molecular complexity index is 1530. The van der Waals surface area contributed by atoms with Crippen LogP contribution in [0.4, 0.5) is 19.4 Å². The largest absolute Gasteiger partial charge is 0.492 e. The number of carbonyl (C=O) groups excluding carboxylic acids is 2. The van der Waals surface area contributed by atoms with Gasteiger partial charge in [0.25, 0.3) is 5.24 Å². The van der Waals surface area contributed by atoms with Crippen molar-refractivity contribution >= 4 is 28.7 Å². The molecule has 2 atom stereocenters. The molecule has 1 aliphatic heterocycles. The van der Waals surface area contributed by atoms with Gasteiger partial charge in [0.2, 0.25) is 5.91 Å². The number of thioether (sulfide) groups is 1. The zero-order chi connectivity index (χ0) is 29.7. The van der Waals surface area contributed by atoms with Crippen LogP contribution in [0.5, 0.6) is 5.75 Å². The maximum Gasteiger partial charge on any atom is 0.289 e. The van der Waals surface area contributed by atoms with E-state index in [1.807, 2.05) is 42.3 Å². The normalized spacial score (nSPS) is 16.5. The number of aromatic nitrogens is 4. The fraction of sp³-hybridized carbons (Fsp3) is 0.276. The van der Waals surface area contributed by atoms with Gasteiger partial charge in [0.1, 0.15) is 35.4 Å². The Labute approximate surface area is 244 Å².